The first kappa shape index (κ1) is 20.8. The summed E-state index contributed by atoms with van der Waals surface area (Å²) in [5, 5.41) is 0. The van der Waals surface area contributed by atoms with Gasteiger partial charge < -0.3 is 23.8 Å². The quantitative estimate of drug-likeness (QED) is 0.626. The van der Waals surface area contributed by atoms with Crippen LogP contribution in [0.15, 0.2) is 12.1 Å². The average molecular weight is 456 g/mol. The second-order valence-electron chi connectivity index (χ2n) is 9.84. The van der Waals surface area contributed by atoms with E-state index in [1.54, 1.807) is 14.2 Å². The molecular weight excluding hydrogens is 428 g/mol. The molecule has 1 saturated carbocycles. The number of nitrogens with zero attached hydrogens (tertiary/aromatic N) is 2. The highest BCUT2D eigenvalue weighted by Gasteiger charge is 2.87. The normalized spacial score (nSPS) is 38.2. The van der Waals surface area contributed by atoms with E-state index in [2.05, 4.69) is 4.90 Å². The zero-order chi connectivity index (χ0) is 23.3. The molecule has 176 valence electrons. The third kappa shape index (κ3) is 2.03. The van der Waals surface area contributed by atoms with Crippen LogP contribution in [0.5, 0.6) is 11.5 Å². The summed E-state index contributed by atoms with van der Waals surface area (Å²) in [6.45, 7) is 2.76. The summed E-state index contributed by atoms with van der Waals surface area (Å²) >= 11 is 0. The topological polar surface area (TPSA) is 94.6 Å². The van der Waals surface area contributed by atoms with Crippen molar-refractivity contribution in [1.29, 1.82) is 0 Å². The van der Waals surface area contributed by atoms with Gasteiger partial charge in [-0.15, -0.1) is 0 Å². The van der Waals surface area contributed by atoms with Crippen LogP contribution in [0, 0.1) is 5.41 Å². The average Bonchev–Trinajstić information content (AvgIpc) is 3.38. The van der Waals surface area contributed by atoms with Gasteiger partial charge in [0, 0.05) is 27.1 Å². The summed E-state index contributed by atoms with van der Waals surface area (Å²) in [6.07, 6.45) is 0.987. The lowest BCUT2D eigenvalue weighted by Crippen LogP contribution is -2.79. The van der Waals surface area contributed by atoms with Gasteiger partial charge in [0.2, 0.25) is 0 Å². The number of likely N-dealkylation sites (N-methyl/N-ethyl adjacent to an activating group) is 1. The monoisotopic (exact) mass is 456 g/mol. The third-order valence-electron chi connectivity index (χ3n) is 8.80. The van der Waals surface area contributed by atoms with Crippen LogP contribution >= 0.6 is 0 Å². The minimum atomic E-state index is -1.10. The Bertz CT molecular complexity index is 1100. The Morgan fingerprint density at radius 3 is 2.64 bits per heavy atom. The standard InChI is InChI=1S/C24H28N2O7/c1-13(27)32-19-20-23(14-6-7-15(30-3)18(31-4)17(14)25(20)2)9-11-26-10-5-8-22(21(19)29)12-16(28)33-24(22,23)26/h6-7,19-20H,5,8-12H2,1-4H3/t19-,20+,22-,23+,24-/m0/s1. The van der Waals surface area contributed by atoms with Crippen molar-refractivity contribution in [3.05, 3.63) is 17.7 Å². The number of benzene rings is 1. The second-order valence-corrected chi connectivity index (χ2v) is 9.84. The predicted molar refractivity (Wildman–Crippen MR) is 115 cm³/mol. The molecule has 0 N–H and O–H groups in total. The molecule has 4 aliphatic heterocycles. The zero-order valence-electron chi connectivity index (χ0n) is 19.3. The van der Waals surface area contributed by atoms with Gasteiger partial charge in [-0.05, 0) is 30.9 Å². The van der Waals surface area contributed by atoms with Crippen molar-refractivity contribution in [3.8, 4) is 11.5 Å². The fraction of sp³-hybridized carbons (Fsp3) is 0.625. The van der Waals surface area contributed by atoms with Gasteiger partial charge >= 0.3 is 11.9 Å². The number of fused-ring (bicyclic) bond motifs is 1. The first-order valence-corrected chi connectivity index (χ1v) is 11.5. The number of hydrogen-bond acceptors (Lipinski definition) is 9. The smallest absolute Gasteiger partial charge is 0.308 e. The highest BCUT2D eigenvalue weighted by Crippen LogP contribution is 2.73. The van der Waals surface area contributed by atoms with E-state index < -0.39 is 34.7 Å². The van der Waals surface area contributed by atoms with E-state index in [0.29, 0.717) is 30.9 Å². The Hall–Kier alpha value is -2.81. The number of ketones is 1. The first-order chi connectivity index (χ1) is 15.8. The summed E-state index contributed by atoms with van der Waals surface area (Å²) in [4.78, 5) is 43.6. The molecule has 0 bridgehead atoms. The van der Waals surface area contributed by atoms with Crippen LogP contribution < -0.4 is 14.4 Å². The lowest BCUT2D eigenvalue weighted by molar-refractivity contribution is -0.236. The maximum Gasteiger partial charge on any atom is 0.308 e. The fourth-order valence-electron chi connectivity index (χ4n) is 8.04. The molecule has 1 aromatic carbocycles. The fourth-order valence-corrected chi connectivity index (χ4v) is 8.04. The van der Waals surface area contributed by atoms with Gasteiger partial charge in [-0.1, -0.05) is 6.07 Å². The number of hydrogen-bond donors (Lipinski definition) is 0. The van der Waals surface area contributed by atoms with Crippen LogP contribution in [0.1, 0.15) is 38.2 Å². The second kappa shape index (κ2) is 6.40. The Morgan fingerprint density at radius 1 is 1.15 bits per heavy atom. The van der Waals surface area contributed by atoms with Gasteiger partial charge in [0.25, 0.3) is 0 Å². The molecule has 4 heterocycles. The molecule has 0 aromatic heterocycles. The van der Waals surface area contributed by atoms with Crippen LogP contribution in [-0.4, -0.2) is 74.8 Å². The van der Waals surface area contributed by atoms with Crippen molar-refractivity contribution in [3.63, 3.8) is 0 Å². The minimum Gasteiger partial charge on any atom is -0.493 e. The van der Waals surface area contributed by atoms with E-state index in [1.807, 2.05) is 24.1 Å². The summed E-state index contributed by atoms with van der Waals surface area (Å²) in [7, 11) is 5.05. The Labute approximate surface area is 191 Å². The van der Waals surface area contributed by atoms with Gasteiger partial charge in [-0.2, -0.15) is 0 Å². The van der Waals surface area contributed by atoms with E-state index in [1.165, 1.54) is 6.92 Å². The predicted octanol–water partition coefficient (Wildman–Crippen LogP) is 1.40. The molecule has 9 nitrogen and oxygen atoms in total. The molecule has 2 spiro atoms. The number of ether oxygens (including phenoxy) is 4. The highest BCUT2D eigenvalue weighted by atomic mass is 16.6. The zero-order valence-corrected chi connectivity index (χ0v) is 19.3. The van der Waals surface area contributed by atoms with Crippen LogP contribution in [0.4, 0.5) is 5.69 Å². The molecule has 33 heavy (non-hydrogen) atoms. The van der Waals surface area contributed by atoms with Crippen molar-refractivity contribution in [2.45, 2.75) is 55.9 Å². The van der Waals surface area contributed by atoms with Gasteiger partial charge in [-0.3, -0.25) is 19.3 Å². The summed E-state index contributed by atoms with van der Waals surface area (Å²) in [5.74, 6) is 0.0315. The summed E-state index contributed by atoms with van der Waals surface area (Å²) < 4.78 is 23.5. The maximum atomic E-state index is 14.3. The molecule has 4 fully saturated rings. The molecule has 0 amide bonds. The van der Waals surface area contributed by atoms with Crippen molar-refractivity contribution < 1.29 is 33.3 Å². The molecule has 6 rings (SSSR count). The Morgan fingerprint density at radius 2 is 1.94 bits per heavy atom. The van der Waals surface area contributed by atoms with Gasteiger partial charge in [0.05, 0.1) is 43.2 Å². The minimum absolute atomic E-state index is 0.0148. The molecule has 0 unspecified atom stereocenters. The van der Waals surface area contributed by atoms with E-state index in [9.17, 15) is 14.4 Å². The van der Waals surface area contributed by atoms with E-state index in [0.717, 1.165) is 24.2 Å². The van der Waals surface area contributed by atoms with Crippen molar-refractivity contribution >= 4 is 23.4 Å². The number of methoxy groups -OCH3 is 2. The Kier molecular flexibility index (Phi) is 4.03. The molecule has 9 heteroatoms. The molecule has 5 aliphatic rings. The van der Waals surface area contributed by atoms with Gasteiger partial charge in [0.15, 0.2) is 29.1 Å². The molecule has 1 aromatic rings. The van der Waals surface area contributed by atoms with E-state index >= 15 is 0 Å². The van der Waals surface area contributed by atoms with Crippen LogP contribution in [0.25, 0.3) is 0 Å². The van der Waals surface area contributed by atoms with Crippen LogP contribution in [0.3, 0.4) is 0 Å². The highest BCUT2D eigenvalue weighted by molar-refractivity contribution is 6.01. The van der Waals surface area contributed by atoms with Crippen LogP contribution in [0.2, 0.25) is 0 Å². The number of anilines is 1. The third-order valence-corrected chi connectivity index (χ3v) is 8.80. The van der Waals surface area contributed by atoms with E-state index in [-0.39, 0.29) is 18.2 Å². The summed E-state index contributed by atoms with van der Waals surface area (Å²) in [6, 6.07) is 3.32. The number of piperidine rings is 1. The number of rotatable bonds is 3. The lowest BCUT2D eigenvalue weighted by atomic mass is 9.49. The molecule has 5 atom stereocenters. The lowest BCUT2D eigenvalue weighted by Gasteiger charge is -2.61. The largest absolute Gasteiger partial charge is 0.493 e. The molecule has 3 saturated heterocycles. The van der Waals surface area contributed by atoms with Gasteiger partial charge in [-0.25, -0.2) is 0 Å². The number of esters is 2. The van der Waals surface area contributed by atoms with Crippen molar-refractivity contribution in [2.24, 2.45) is 5.41 Å². The SMILES string of the molecule is COc1ccc2c(c1OC)N(C)[C@@H]1[C@H](OC(C)=O)C(=O)[C@@]34CCCN5CC[C@@]21[C@]53OC(=O)C4. The first-order valence-electron chi connectivity index (χ1n) is 11.5. The molecule has 1 aliphatic carbocycles. The van der Waals surface area contributed by atoms with E-state index in [4.69, 9.17) is 18.9 Å². The number of Topliss-reactive ketones (excluding diaryl/α,β-unsaturated/α-hetero) is 1. The Balaban J connectivity index is 1.71. The number of carbonyl (C=O) groups is 3. The van der Waals surface area contributed by atoms with Gasteiger partial charge in [0.1, 0.15) is 0 Å². The van der Waals surface area contributed by atoms with Crippen molar-refractivity contribution in [2.75, 3.05) is 39.3 Å². The molecular formula is C24H28N2O7. The van der Waals surface area contributed by atoms with Crippen molar-refractivity contribution in [1.82, 2.24) is 4.90 Å². The molecule has 0 radical (unpaired) electrons. The van der Waals surface area contributed by atoms with Crippen LogP contribution in [-0.2, 0) is 29.3 Å². The summed E-state index contributed by atoms with van der Waals surface area (Å²) in [5.41, 5.74) is -1.18. The number of carbonyl (C=O) groups excluding carboxylic acids is 3. The maximum absolute atomic E-state index is 14.3.